The molecule has 1 aromatic heterocycles. The molecule has 0 aliphatic heterocycles. The maximum absolute atomic E-state index is 11.9. The second-order valence-electron chi connectivity index (χ2n) is 3.84. The van der Waals surface area contributed by atoms with Gasteiger partial charge in [0.1, 0.15) is 5.82 Å². The number of nitrogens with one attached hydrogen (secondary N) is 2. The van der Waals surface area contributed by atoms with Crippen LogP contribution in [0.15, 0.2) is 18.3 Å². The Morgan fingerprint density at radius 2 is 2.35 bits per heavy atom. The minimum Gasteiger partial charge on any atom is -0.385 e. The standard InChI is InChI=1S/C12H19N3O2/c1-9(5-7-17-3)15-12(16)10-4-6-14-11(8-10)13-2/h4,6,8-9H,5,7H2,1-3H3,(H,13,14)(H,15,16). The van der Waals surface area contributed by atoms with Crippen LogP contribution in [0.5, 0.6) is 0 Å². The van der Waals surface area contributed by atoms with E-state index in [-0.39, 0.29) is 11.9 Å². The number of ether oxygens (including phenoxy) is 1. The summed E-state index contributed by atoms with van der Waals surface area (Å²) in [7, 11) is 3.42. The fraction of sp³-hybridized carbons (Fsp3) is 0.500. The molecule has 0 bridgehead atoms. The van der Waals surface area contributed by atoms with Crippen molar-refractivity contribution in [2.75, 3.05) is 26.1 Å². The molecule has 0 radical (unpaired) electrons. The Bertz CT molecular complexity index is 369. The molecule has 5 nitrogen and oxygen atoms in total. The molecule has 0 spiro atoms. The summed E-state index contributed by atoms with van der Waals surface area (Å²) in [6.45, 7) is 2.59. The van der Waals surface area contributed by atoms with E-state index >= 15 is 0 Å². The molecule has 0 aromatic carbocycles. The quantitative estimate of drug-likeness (QED) is 0.782. The molecule has 0 saturated carbocycles. The Kier molecular flexibility index (Phi) is 5.42. The van der Waals surface area contributed by atoms with E-state index in [1.165, 1.54) is 0 Å². The van der Waals surface area contributed by atoms with Gasteiger partial charge in [-0.25, -0.2) is 4.98 Å². The maximum atomic E-state index is 11.9. The summed E-state index contributed by atoms with van der Waals surface area (Å²) in [5.74, 6) is 0.592. The predicted octanol–water partition coefficient (Wildman–Crippen LogP) is 1.28. The van der Waals surface area contributed by atoms with Crippen molar-refractivity contribution < 1.29 is 9.53 Å². The predicted molar refractivity (Wildman–Crippen MR) is 67.2 cm³/mol. The van der Waals surface area contributed by atoms with Gasteiger partial charge in [0.15, 0.2) is 0 Å². The van der Waals surface area contributed by atoms with Crippen LogP contribution in [-0.4, -0.2) is 37.7 Å². The average Bonchev–Trinajstić information content (AvgIpc) is 2.36. The van der Waals surface area contributed by atoms with Crippen molar-refractivity contribution in [3.63, 3.8) is 0 Å². The molecule has 94 valence electrons. The Hall–Kier alpha value is -1.62. The average molecular weight is 237 g/mol. The SMILES string of the molecule is CNc1cc(C(=O)NC(C)CCOC)ccn1. The lowest BCUT2D eigenvalue weighted by Crippen LogP contribution is -2.33. The number of hydrogen-bond donors (Lipinski definition) is 2. The lowest BCUT2D eigenvalue weighted by Gasteiger charge is -2.13. The summed E-state index contributed by atoms with van der Waals surface area (Å²) < 4.78 is 4.96. The van der Waals surface area contributed by atoms with Gasteiger partial charge in [-0.1, -0.05) is 0 Å². The first-order valence-electron chi connectivity index (χ1n) is 5.61. The molecular weight excluding hydrogens is 218 g/mol. The van der Waals surface area contributed by atoms with E-state index in [1.807, 2.05) is 6.92 Å². The minimum absolute atomic E-state index is 0.0903. The van der Waals surface area contributed by atoms with Gasteiger partial charge in [-0.3, -0.25) is 4.79 Å². The van der Waals surface area contributed by atoms with Crippen LogP contribution >= 0.6 is 0 Å². The van der Waals surface area contributed by atoms with Crippen LogP contribution in [0, 0.1) is 0 Å². The van der Waals surface area contributed by atoms with Gasteiger partial charge in [0, 0.05) is 38.6 Å². The number of rotatable bonds is 6. The van der Waals surface area contributed by atoms with Gasteiger partial charge in [0.2, 0.25) is 0 Å². The molecule has 1 heterocycles. The minimum atomic E-state index is -0.0903. The number of carbonyl (C=O) groups excluding carboxylic acids is 1. The number of nitrogens with zero attached hydrogens (tertiary/aromatic N) is 1. The topological polar surface area (TPSA) is 63.2 Å². The Balaban J connectivity index is 2.56. The third-order valence-corrected chi connectivity index (χ3v) is 2.41. The molecule has 1 rings (SSSR count). The van der Waals surface area contributed by atoms with Crippen molar-refractivity contribution >= 4 is 11.7 Å². The largest absolute Gasteiger partial charge is 0.385 e. The summed E-state index contributed by atoms with van der Waals surface area (Å²) in [5, 5.41) is 5.81. The fourth-order valence-corrected chi connectivity index (χ4v) is 1.38. The summed E-state index contributed by atoms with van der Waals surface area (Å²) >= 11 is 0. The van der Waals surface area contributed by atoms with E-state index in [4.69, 9.17) is 4.74 Å². The number of carbonyl (C=O) groups is 1. The Labute approximate surface area is 102 Å². The second-order valence-corrected chi connectivity index (χ2v) is 3.84. The molecule has 17 heavy (non-hydrogen) atoms. The van der Waals surface area contributed by atoms with Crippen LogP contribution in [0.2, 0.25) is 0 Å². The molecule has 2 N–H and O–H groups in total. The normalized spacial score (nSPS) is 11.9. The summed E-state index contributed by atoms with van der Waals surface area (Å²) in [4.78, 5) is 15.9. The molecule has 1 aromatic rings. The molecule has 5 heteroatoms. The number of amides is 1. The highest BCUT2D eigenvalue weighted by molar-refractivity contribution is 5.94. The zero-order chi connectivity index (χ0) is 12.7. The van der Waals surface area contributed by atoms with Gasteiger partial charge in [-0.2, -0.15) is 0 Å². The van der Waals surface area contributed by atoms with Gasteiger partial charge >= 0.3 is 0 Å². The highest BCUT2D eigenvalue weighted by Gasteiger charge is 2.10. The monoisotopic (exact) mass is 237 g/mol. The van der Waals surface area contributed by atoms with Crippen molar-refractivity contribution in [1.82, 2.24) is 10.3 Å². The van der Waals surface area contributed by atoms with Crippen molar-refractivity contribution in [2.45, 2.75) is 19.4 Å². The van der Waals surface area contributed by atoms with Gasteiger partial charge in [0.05, 0.1) is 0 Å². The molecule has 1 unspecified atom stereocenters. The molecule has 0 aliphatic carbocycles. The van der Waals surface area contributed by atoms with Gasteiger partial charge in [0.25, 0.3) is 5.91 Å². The van der Waals surface area contributed by atoms with Crippen LogP contribution in [-0.2, 0) is 4.74 Å². The summed E-state index contributed by atoms with van der Waals surface area (Å²) in [6.07, 6.45) is 2.41. The molecular formula is C12H19N3O2. The second kappa shape index (κ2) is 6.85. The number of pyridine rings is 1. The number of aromatic nitrogens is 1. The third-order valence-electron chi connectivity index (χ3n) is 2.41. The van der Waals surface area contributed by atoms with E-state index in [0.29, 0.717) is 18.0 Å². The molecule has 0 saturated heterocycles. The highest BCUT2D eigenvalue weighted by Crippen LogP contribution is 2.06. The summed E-state index contributed by atoms with van der Waals surface area (Å²) in [6, 6.07) is 3.51. The van der Waals surface area contributed by atoms with Gasteiger partial charge in [-0.15, -0.1) is 0 Å². The zero-order valence-corrected chi connectivity index (χ0v) is 10.5. The molecule has 0 fully saturated rings. The Morgan fingerprint density at radius 3 is 3.00 bits per heavy atom. The molecule has 1 atom stereocenters. The van der Waals surface area contributed by atoms with E-state index < -0.39 is 0 Å². The zero-order valence-electron chi connectivity index (χ0n) is 10.5. The lowest BCUT2D eigenvalue weighted by molar-refractivity contribution is 0.0929. The molecule has 0 aliphatic rings. The van der Waals surface area contributed by atoms with Gasteiger partial charge < -0.3 is 15.4 Å². The van der Waals surface area contributed by atoms with Crippen LogP contribution < -0.4 is 10.6 Å². The van der Waals surface area contributed by atoms with Crippen molar-refractivity contribution in [2.24, 2.45) is 0 Å². The number of hydrogen-bond acceptors (Lipinski definition) is 4. The number of methoxy groups -OCH3 is 1. The first-order valence-corrected chi connectivity index (χ1v) is 5.61. The van der Waals surface area contributed by atoms with Crippen LogP contribution in [0.25, 0.3) is 0 Å². The van der Waals surface area contributed by atoms with Crippen molar-refractivity contribution in [3.05, 3.63) is 23.9 Å². The first-order chi connectivity index (χ1) is 8.17. The molecule has 1 amide bonds. The Morgan fingerprint density at radius 1 is 1.59 bits per heavy atom. The van der Waals surface area contributed by atoms with Crippen LogP contribution in [0.4, 0.5) is 5.82 Å². The van der Waals surface area contributed by atoms with Crippen LogP contribution in [0.1, 0.15) is 23.7 Å². The first kappa shape index (κ1) is 13.4. The maximum Gasteiger partial charge on any atom is 0.251 e. The van der Waals surface area contributed by atoms with E-state index in [1.54, 1.807) is 32.5 Å². The lowest BCUT2D eigenvalue weighted by atomic mass is 10.2. The van der Waals surface area contributed by atoms with Gasteiger partial charge in [-0.05, 0) is 25.5 Å². The van der Waals surface area contributed by atoms with E-state index in [9.17, 15) is 4.79 Å². The van der Waals surface area contributed by atoms with E-state index in [2.05, 4.69) is 15.6 Å². The van der Waals surface area contributed by atoms with E-state index in [0.717, 1.165) is 6.42 Å². The fourth-order valence-electron chi connectivity index (χ4n) is 1.38. The smallest absolute Gasteiger partial charge is 0.251 e. The van der Waals surface area contributed by atoms with Crippen LogP contribution in [0.3, 0.4) is 0 Å². The third kappa shape index (κ3) is 4.40. The summed E-state index contributed by atoms with van der Waals surface area (Å²) in [5.41, 5.74) is 0.605. The number of anilines is 1. The van der Waals surface area contributed by atoms with Crippen molar-refractivity contribution in [1.29, 1.82) is 0 Å². The van der Waals surface area contributed by atoms with Crippen molar-refractivity contribution in [3.8, 4) is 0 Å². The highest BCUT2D eigenvalue weighted by atomic mass is 16.5.